The van der Waals surface area contributed by atoms with Crippen molar-refractivity contribution in [2.75, 3.05) is 7.11 Å². The van der Waals surface area contributed by atoms with Gasteiger partial charge in [-0.05, 0) is 32.0 Å². The molecular formula is C21H19F3N2O5. The highest BCUT2D eigenvalue weighted by Crippen LogP contribution is 2.31. The van der Waals surface area contributed by atoms with Gasteiger partial charge in [-0.1, -0.05) is 6.07 Å². The van der Waals surface area contributed by atoms with Gasteiger partial charge in [-0.25, -0.2) is 4.68 Å². The van der Waals surface area contributed by atoms with Crippen LogP contribution in [0.2, 0.25) is 0 Å². The van der Waals surface area contributed by atoms with Crippen molar-refractivity contribution in [3.05, 3.63) is 75.1 Å². The van der Waals surface area contributed by atoms with Crippen LogP contribution in [0.5, 0.6) is 5.75 Å². The van der Waals surface area contributed by atoms with E-state index in [2.05, 4.69) is 5.10 Å². The number of hydrogen-bond donors (Lipinski definition) is 0. The Labute approximate surface area is 175 Å². The van der Waals surface area contributed by atoms with Gasteiger partial charge < -0.3 is 13.9 Å². The van der Waals surface area contributed by atoms with Crippen molar-refractivity contribution in [1.29, 1.82) is 0 Å². The summed E-state index contributed by atoms with van der Waals surface area (Å²) in [7, 11) is 1.33. The number of benzene rings is 1. The second-order valence-electron chi connectivity index (χ2n) is 6.73. The number of halogens is 3. The second kappa shape index (κ2) is 8.66. The summed E-state index contributed by atoms with van der Waals surface area (Å²) in [6, 6.07) is 5.93. The molecule has 0 aliphatic carbocycles. The summed E-state index contributed by atoms with van der Waals surface area (Å²) in [5, 5.41) is 4.27. The topological polar surface area (TPSA) is 83.6 Å². The summed E-state index contributed by atoms with van der Waals surface area (Å²) in [6.45, 7) is 3.06. The molecule has 0 aliphatic rings. The summed E-state index contributed by atoms with van der Waals surface area (Å²) in [4.78, 5) is 24.0. The van der Waals surface area contributed by atoms with Crippen LogP contribution in [0.4, 0.5) is 13.2 Å². The Kier molecular flexibility index (Phi) is 6.19. The molecule has 3 rings (SSSR count). The quantitative estimate of drug-likeness (QED) is 0.548. The number of alkyl halides is 3. The molecule has 0 spiro atoms. The summed E-state index contributed by atoms with van der Waals surface area (Å²) in [6.07, 6.45) is -3.49. The minimum absolute atomic E-state index is 0.0309. The van der Waals surface area contributed by atoms with Gasteiger partial charge in [-0.3, -0.25) is 9.59 Å². The normalized spacial score (nSPS) is 11.4. The van der Waals surface area contributed by atoms with E-state index in [1.165, 1.54) is 23.9 Å². The van der Waals surface area contributed by atoms with Crippen molar-refractivity contribution >= 4 is 5.97 Å². The summed E-state index contributed by atoms with van der Waals surface area (Å²) < 4.78 is 55.5. The van der Waals surface area contributed by atoms with Gasteiger partial charge in [0.1, 0.15) is 18.6 Å². The van der Waals surface area contributed by atoms with Gasteiger partial charge in [-0.2, -0.15) is 18.3 Å². The van der Waals surface area contributed by atoms with Crippen molar-refractivity contribution in [1.82, 2.24) is 9.78 Å². The third-order valence-corrected chi connectivity index (χ3v) is 4.63. The number of nitrogens with zero attached hydrogens (tertiary/aromatic N) is 2. The van der Waals surface area contributed by atoms with Crippen LogP contribution >= 0.6 is 0 Å². The first kappa shape index (κ1) is 22.1. The lowest BCUT2D eigenvalue weighted by Crippen LogP contribution is -2.11. The van der Waals surface area contributed by atoms with Gasteiger partial charge in [0, 0.05) is 17.3 Å². The van der Waals surface area contributed by atoms with E-state index in [1.807, 2.05) is 0 Å². The van der Waals surface area contributed by atoms with Crippen molar-refractivity contribution < 1.29 is 31.9 Å². The number of aromatic nitrogens is 2. The molecule has 2 aromatic heterocycles. The van der Waals surface area contributed by atoms with E-state index >= 15 is 0 Å². The lowest BCUT2D eigenvalue weighted by Gasteiger charge is -2.10. The molecule has 7 nitrogen and oxygen atoms in total. The van der Waals surface area contributed by atoms with E-state index in [1.54, 1.807) is 13.8 Å². The Bertz CT molecular complexity index is 1160. The maximum atomic E-state index is 13.0. The molecule has 0 bridgehead atoms. The number of esters is 1. The van der Waals surface area contributed by atoms with Crippen LogP contribution in [-0.2, 0) is 28.7 Å². The van der Waals surface area contributed by atoms with E-state index < -0.39 is 23.1 Å². The maximum Gasteiger partial charge on any atom is 0.416 e. The first-order chi connectivity index (χ1) is 14.6. The Hall–Kier alpha value is -3.56. The highest BCUT2D eigenvalue weighted by atomic mass is 19.4. The largest absolute Gasteiger partial charge is 0.490 e. The average molecular weight is 436 g/mol. The maximum absolute atomic E-state index is 13.0. The zero-order chi connectivity index (χ0) is 22.8. The van der Waals surface area contributed by atoms with Crippen LogP contribution in [-0.4, -0.2) is 22.9 Å². The SMILES string of the molecule is COc1coc(COC(=O)Cc2c(C)nn(-c3cccc(C(F)(F)F)c3)c2C)cc1=O. The monoisotopic (exact) mass is 436 g/mol. The molecule has 0 N–H and O–H groups in total. The van der Waals surface area contributed by atoms with E-state index in [0.717, 1.165) is 24.5 Å². The highest BCUT2D eigenvalue weighted by Gasteiger charge is 2.30. The number of ether oxygens (including phenoxy) is 2. The first-order valence-corrected chi connectivity index (χ1v) is 9.14. The summed E-state index contributed by atoms with van der Waals surface area (Å²) >= 11 is 0. The lowest BCUT2D eigenvalue weighted by atomic mass is 10.1. The highest BCUT2D eigenvalue weighted by molar-refractivity contribution is 5.73. The minimum Gasteiger partial charge on any atom is -0.490 e. The molecule has 10 heteroatoms. The lowest BCUT2D eigenvalue weighted by molar-refractivity contribution is -0.144. The van der Waals surface area contributed by atoms with Gasteiger partial charge in [0.2, 0.25) is 11.2 Å². The molecular weight excluding hydrogens is 417 g/mol. The molecule has 3 aromatic rings. The molecule has 1 aromatic carbocycles. The minimum atomic E-state index is -4.48. The van der Waals surface area contributed by atoms with E-state index in [-0.39, 0.29) is 30.2 Å². The standard InChI is InChI=1S/C21H19F3N2O5/c1-12-17(9-20(28)31-10-16-8-18(27)19(29-3)11-30-16)13(2)26(25-12)15-6-4-5-14(7-15)21(22,23)24/h4-8,11H,9-10H2,1-3H3. The molecule has 0 aliphatic heterocycles. The van der Waals surface area contributed by atoms with Crippen LogP contribution in [0.3, 0.4) is 0 Å². The molecule has 0 unspecified atom stereocenters. The Morgan fingerprint density at radius 3 is 2.61 bits per heavy atom. The van der Waals surface area contributed by atoms with Crippen molar-refractivity contribution in [3.8, 4) is 11.4 Å². The van der Waals surface area contributed by atoms with Crippen LogP contribution in [0.25, 0.3) is 5.69 Å². The Balaban J connectivity index is 1.74. The third kappa shape index (κ3) is 4.96. The van der Waals surface area contributed by atoms with Gasteiger partial charge in [-0.15, -0.1) is 0 Å². The number of rotatable bonds is 6. The van der Waals surface area contributed by atoms with Gasteiger partial charge in [0.15, 0.2) is 0 Å². The van der Waals surface area contributed by atoms with E-state index in [4.69, 9.17) is 13.9 Å². The molecule has 2 heterocycles. The summed E-state index contributed by atoms with van der Waals surface area (Å²) in [5.41, 5.74) is 0.578. The second-order valence-corrected chi connectivity index (χ2v) is 6.73. The first-order valence-electron chi connectivity index (χ1n) is 9.14. The summed E-state index contributed by atoms with van der Waals surface area (Å²) in [5.74, 6) is -0.427. The van der Waals surface area contributed by atoms with Gasteiger partial charge in [0.05, 0.1) is 30.5 Å². The number of methoxy groups -OCH3 is 1. The fourth-order valence-corrected chi connectivity index (χ4v) is 3.01. The predicted octanol–water partition coefficient (Wildman–Crippen LogP) is 3.76. The van der Waals surface area contributed by atoms with Crippen LogP contribution in [0.15, 0.2) is 45.8 Å². The number of carbonyl (C=O) groups is 1. The van der Waals surface area contributed by atoms with Crippen molar-refractivity contribution in [2.45, 2.75) is 33.1 Å². The molecule has 0 saturated heterocycles. The predicted molar refractivity (Wildman–Crippen MR) is 103 cm³/mol. The van der Waals surface area contributed by atoms with Gasteiger partial charge in [0.25, 0.3) is 0 Å². The molecule has 164 valence electrons. The van der Waals surface area contributed by atoms with E-state index in [9.17, 15) is 22.8 Å². The third-order valence-electron chi connectivity index (χ3n) is 4.63. The van der Waals surface area contributed by atoms with Crippen molar-refractivity contribution in [2.24, 2.45) is 0 Å². The molecule has 0 fully saturated rings. The van der Waals surface area contributed by atoms with Crippen molar-refractivity contribution in [3.63, 3.8) is 0 Å². The smallest absolute Gasteiger partial charge is 0.416 e. The fourth-order valence-electron chi connectivity index (χ4n) is 3.01. The fraction of sp³-hybridized carbons (Fsp3) is 0.286. The average Bonchev–Trinajstić information content (AvgIpc) is 3.00. The van der Waals surface area contributed by atoms with Crippen LogP contribution in [0, 0.1) is 13.8 Å². The molecule has 0 amide bonds. The zero-order valence-corrected chi connectivity index (χ0v) is 16.9. The molecule has 0 atom stereocenters. The number of aryl methyl sites for hydroxylation is 1. The van der Waals surface area contributed by atoms with Gasteiger partial charge >= 0.3 is 12.1 Å². The number of hydrogen-bond acceptors (Lipinski definition) is 6. The molecule has 0 radical (unpaired) electrons. The van der Waals surface area contributed by atoms with Crippen LogP contribution in [0.1, 0.15) is 28.3 Å². The Morgan fingerprint density at radius 1 is 1.23 bits per heavy atom. The molecule has 31 heavy (non-hydrogen) atoms. The molecule has 0 saturated carbocycles. The van der Waals surface area contributed by atoms with E-state index in [0.29, 0.717) is 17.0 Å². The zero-order valence-electron chi connectivity index (χ0n) is 16.9. The Morgan fingerprint density at radius 2 is 1.97 bits per heavy atom. The van der Waals surface area contributed by atoms with Crippen LogP contribution < -0.4 is 10.2 Å². The number of carbonyl (C=O) groups excluding carboxylic acids is 1.